The van der Waals surface area contributed by atoms with E-state index in [4.69, 9.17) is 4.74 Å². The van der Waals surface area contributed by atoms with Crippen LogP contribution in [0.1, 0.15) is 12.5 Å². The van der Waals surface area contributed by atoms with Crippen LogP contribution in [0.25, 0.3) is 0 Å². The van der Waals surface area contributed by atoms with Gasteiger partial charge in [-0.2, -0.15) is 0 Å². The van der Waals surface area contributed by atoms with Crippen molar-refractivity contribution in [2.24, 2.45) is 0 Å². The molecule has 0 aliphatic carbocycles. The highest BCUT2D eigenvalue weighted by molar-refractivity contribution is 9.10. The second kappa shape index (κ2) is 6.73. The lowest BCUT2D eigenvalue weighted by Crippen LogP contribution is -2.29. The molecule has 1 N–H and O–H groups in total. The Morgan fingerprint density at radius 3 is 3.00 bits per heavy atom. The first-order valence-electron chi connectivity index (χ1n) is 6.20. The predicted molar refractivity (Wildman–Crippen MR) is 79.2 cm³/mol. The summed E-state index contributed by atoms with van der Waals surface area (Å²) in [4.78, 5) is 4.04. The maximum absolute atomic E-state index is 5.36. The molecule has 2 rings (SSSR count). The van der Waals surface area contributed by atoms with E-state index in [9.17, 15) is 0 Å². The summed E-state index contributed by atoms with van der Waals surface area (Å²) in [6.45, 7) is 3.83. The van der Waals surface area contributed by atoms with Crippen molar-refractivity contribution in [1.82, 2.24) is 14.9 Å². The minimum absolute atomic E-state index is 0.359. The average Bonchev–Trinajstić information content (AvgIpc) is 2.89. The number of hydrogen-bond acceptors (Lipinski definition) is 3. The number of ether oxygens (including phenoxy) is 1. The summed E-state index contributed by atoms with van der Waals surface area (Å²) in [6, 6.07) is 6.40. The van der Waals surface area contributed by atoms with Crippen LogP contribution in [0.5, 0.6) is 5.75 Å². The topological polar surface area (TPSA) is 39.1 Å². The zero-order valence-corrected chi connectivity index (χ0v) is 12.7. The Morgan fingerprint density at radius 2 is 2.32 bits per heavy atom. The van der Waals surface area contributed by atoms with Gasteiger partial charge in [-0.25, -0.2) is 4.98 Å². The van der Waals surface area contributed by atoms with Crippen molar-refractivity contribution in [3.63, 3.8) is 0 Å². The van der Waals surface area contributed by atoms with E-state index in [-0.39, 0.29) is 0 Å². The number of imidazole rings is 1. The van der Waals surface area contributed by atoms with Gasteiger partial charge < -0.3 is 14.6 Å². The summed E-state index contributed by atoms with van der Waals surface area (Å²) < 4.78 is 8.49. The van der Waals surface area contributed by atoms with Crippen LogP contribution in [-0.2, 0) is 13.1 Å². The first kappa shape index (κ1) is 14.1. The zero-order valence-electron chi connectivity index (χ0n) is 11.1. The fourth-order valence-electron chi connectivity index (χ4n) is 1.94. The van der Waals surface area contributed by atoms with Crippen LogP contribution in [0, 0.1) is 0 Å². The van der Waals surface area contributed by atoms with Gasteiger partial charge in [-0.05, 0) is 25.1 Å². The van der Waals surface area contributed by atoms with Crippen LogP contribution < -0.4 is 10.1 Å². The fourth-order valence-corrected chi connectivity index (χ4v) is 2.35. The molecule has 0 bridgehead atoms. The lowest BCUT2D eigenvalue weighted by atomic mass is 10.2. The molecule has 19 heavy (non-hydrogen) atoms. The Kier molecular flexibility index (Phi) is 4.99. The second-order valence-electron chi connectivity index (χ2n) is 4.50. The highest BCUT2D eigenvalue weighted by Gasteiger charge is 2.06. The van der Waals surface area contributed by atoms with Gasteiger partial charge in [0.05, 0.1) is 13.4 Å². The Hall–Kier alpha value is -1.33. The highest BCUT2D eigenvalue weighted by atomic mass is 79.9. The first-order chi connectivity index (χ1) is 9.19. The van der Waals surface area contributed by atoms with Gasteiger partial charge in [-0.3, -0.25) is 0 Å². The smallest absolute Gasteiger partial charge is 0.123 e. The van der Waals surface area contributed by atoms with Crippen LogP contribution in [0.2, 0.25) is 0 Å². The van der Waals surface area contributed by atoms with Crippen molar-refractivity contribution < 1.29 is 4.74 Å². The lowest BCUT2D eigenvalue weighted by Gasteiger charge is -2.16. The summed E-state index contributed by atoms with van der Waals surface area (Å²) in [5, 5.41) is 3.49. The number of halogens is 1. The van der Waals surface area contributed by atoms with E-state index in [2.05, 4.69) is 43.8 Å². The molecule has 102 valence electrons. The minimum Gasteiger partial charge on any atom is -0.496 e. The average molecular weight is 324 g/mol. The number of hydrogen-bond donors (Lipinski definition) is 1. The van der Waals surface area contributed by atoms with Crippen LogP contribution in [-0.4, -0.2) is 22.7 Å². The van der Waals surface area contributed by atoms with Gasteiger partial charge >= 0.3 is 0 Å². The Labute approximate surface area is 121 Å². The third-order valence-electron chi connectivity index (χ3n) is 2.93. The monoisotopic (exact) mass is 323 g/mol. The molecule has 4 nitrogen and oxygen atoms in total. The van der Waals surface area contributed by atoms with Gasteiger partial charge in [0.1, 0.15) is 5.75 Å². The summed E-state index contributed by atoms with van der Waals surface area (Å²) in [5.41, 5.74) is 1.15. The van der Waals surface area contributed by atoms with Crippen molar-refractivity contribution >= 4 is 15.9 Å². The van der Waals surface area contributed by atoms with Gasteiger partial charge in [-0.15, -0.1) is 0 Å². The molecule has 1 unspecified atom stereocenters. The van der Waals surface area contributed by atoms with Crippen LogP contribution in [0.15, 0.2) is 41.4 Å². The van der Waals surface area contributed by atoms with Gasteiger partial charge in [0.25, 0.3) is 0 Å². The highest BCUT2D eigenvalue weighted by Crippen LogP contribution is 2.22. The molecular formula is C14H18BrN3O. The molecule has 1 atom stereocenters. The standard InChI is InChI=1S/C14H18BrN3O/c1-11(9-18-6-5-16-10-18)17-8-12-7-13(15)3-4-14(12)19-2/h3-7,10-11,17H,8-9H2,1-2H3. The van der Waals surface area contributed by atoms with E-state index >= 15 is 0 Å². The van der Waals surface area contributed by atoms with Crippen LogP contribution in [0.3, 0.4) is 0 Å². The number of nitrogens with zero attached hydrogens (tertiary/aromatic N) is 2. The number of benzene rings is 1. The SMILES string of the molecule is COc1ccc(Br)cc1CNC(C)Cn1ccnc1. The van der Waals surface area contributed by atoms with Gasteiger partial charge in [0.2, 0.25) is 0 Å². The van der Waals surface area contributed by atoms with E-state index in [0.29, 0.717) is 6.04 Å². The van der Waals surface area contributed by atoms with E-state index in [1.54, 1.807) is 13.3 Å². The molecule has 0 amide bonds. The molecule has 0 spiro atoms. The Balaban J connectivity index is 1.92. The number of methoxy groups -OCH3 is 1. The van der Waals surface area contributed by atoms with E-state index in [1.165, 1.54) is 0 Å². The quantitative estimate of drug-likeness (QED) is 0.888. The first-order valence-corrected chi connectivity index (χ1v) is 7.00. The summed E-state index contributed by atoms with van der Waals surface area (Å²) in [6.07, 6.45) is 5.60. The van der Waals surface area contributed by atoms with Crippen molar-refractivity contribution in [3.05, 3.63) is 47.0 Å². The molecule has 1 aromatic carbocycles. The number of rotatable bonds is 6. The van der Waals surface area contributed by atoms with Crippen molar-refractivity contribution in [2.75, 3.05) is 7.11 Å². The van der Waals surface area contributed by atoms with Crippen molar-refractivity contribution in [1.29, 1.82) is 0 Å². The van der Waals surface area contributed by atoms with Crippen molar-refractivity contribution in [2.45, 2.75) is 26.1 Å². The molecule has 0 fully saturated rings. The Bertz CT molecular complexity index is 513. The van der Waals surface area contributed by atoms with E-state index < -0.39 is 0 Å². The minimum atomic E-state index is 0.359. The number of nitrogens with one attached hydrogen (secondary N) is 1. The normalized spacial score (nSPS) is 12.4. The number of aromatic nitrogens is 2. The van der Waals surface area contributed by atoms with Crippen molar-refractivity contribution in [3.8, 4) is 5.75 Å². The largest absolute Gasteiger partial charge is 0.496 e. The summed E-state index contributed by atoms with van der Waals surface area (Å²) in [7, 11) is 1.70. The molecule has 2 aromatic rings. The molecule has 0 saturated carbocycles. The van der Waals surface area contributed by atoms with Gasteiger partial charge in [-0.1, -0.05) is 15.9 Å². The molecular weight excluding hydrogens is 306 g/mol. The molecule has 1 heterocycles. The molecule has 0 radical (unpaired) electrons. The summed E-state index contributed by atoms with van der Waals surface area (Å²) >= 11 is 3.49. The predicted octanol–water partition coefficient (Wildman–Crippen LogP) is 2.83. The zero-order chi connectivity index (χ0) is 13.7. The summed E-state index contributed by atoms with van der Waals surface area (Å²) in [5.74, 6) is 0.908. The van der Waals surface area contributed by atoms with Gasteiger partial charge in [0.15, 0.2) is 0 Å². The molecule has 0 aliphatic rings. The van der Waals surface area contributed by atoms with E-state index in [0.717, 1.165) is 28.9 Å². The third kappa shape index (κ3) is 4.08. The fraction of sp³-hybridized carbons (Fsp3) is 0.357. The Morgan fingerprint density at radius 1 is 1.47 bits per heavy atom. The lowest BCUT2D eigenvalue weighted by molar-refractivity contribution is 0.403. The molecule has 5 heteroatoms. The third-order valence-corrected chi connectivity index (χ3v) is 3.42. The van der Waals surface area contributed by atoms with Crippen LogP contribution in [0.4, 0.5) is 0 Å². The van der Waals surface area contributed by atoms with Crippen LogP contribution >= 0.6 is 15.9 Å². The van der Waals surface area contributed by atoms with Gasteiger partial charge in [0, 0.05) is 41.6 Å². The maximum Gasteiger partial charge on any atom is 0.123 e. The molecule has 1 aromatic heterocycles. The molecule has 0 saturated heterocycles. The van der Waals surface area contributed by atoms with E-state index in [1.807, 2.05) is 24.7 Å². The second-order valence-corrected chi connectivity index (χ2v) is 5.41. The molecule has 0 aliphatic heterocycles. The maximum atomic E-state index is 5.36.